The molecule has 2 heteroatoms. The van der Waals surface area contributed by atoms with Gasteiger partial charge in [0.05, 0.1) is 0 Å². The van der Waals surface area contributed by atoms with Crippen molar-refractivity contribution >= 4 is 0 Å². The highest BCUT2D eigenvalue weighted by molar-refractivity contribution is 5.56. The minimum atomic E-state index is 0.120. The van der Waals surface area contributed by atoms with Crippen molar-refractivity contribution in [1.82, 2.24) is 0 Å². The van der Waals surface area contributed by atoms with E-state index >= 15 is 0 Å². The maximum absolute atomic E-state index is 9.85. The molecule has 2 aromatic carbocycles. The Hall–Kier alpha value is -1.64. The smallest absolute Gasteiger partial charge is 0.0472 e. The van der Waals surface area contributed by atoms with Gasteiger partial charge in [0.15, 0.2) is 0 Å². The molecule has 2 nitrogen and oxygen atoms in total. The molecule has 2 N–H and O–H groups in total. The van der Waals surface area contributed by atoms with Crippen LogP contribution in [-0.4, -0.2) is 23.4 Å². The van der Waals surface area contributed by atoms with Gasteiger partial charge in [-0.05, 0) is 34.1 Å². The van der Waals surface area contributed by atoms with Crippen LogP contribution in [-0.2, 0) is 0 Å². The van der Waals surface area contributed by atoms with Crippen LogP contribution in [0.25, 0.3) is 0 Å². The summed E-state index contributed by atoms with van der Waals surface area (Å²) < 4.78 is 0. The minimum Gasteiger partial charge on any atom is -0.396 e. The van der Waals surface area contributed by atoms with Crippen LogP contribution in [0, 0.1) is 11.8 Å². The van der Waals surface area contributed by atoms with Crippen molar-refractivity contribution in [2.45, 2.75) is 11.8 Å². The molecule has 0 unspecified atom stereocenters. The van der Waals surface area contributed by atoms with Crippen LogP contribution >= 0.6 is 0 Å². The van der Waals surface area contributed by atoms with E-state index in [1.165, 1.54) is 22.3 Å². The zero-order valence-electron chi connectivity index (χ0n) is 11.2. The van der Waals surface area contributed by atoms with Gasteiger partial charge in [0.25, 0.3) is 0 Å². The Morgan fingerprint density at radius 3 is 1.15 bits per heavy atom. The van der Waals surface area contributed by atoms with Crippen LogP contribution in [0.1, 0.15) is 34.1 Å². The highest BCUT2D eigenvalue weighted by atomic mass is 16.3. The first-order valence-electron chi connectivity index (χ1n) is 7.26. The third-order valence-electron chi connectivity index (χ3n) is 5.16. The highest BCUT2D eigenvalue weighted by Crippen LogP contribution is 2.57. The Morgan fingerprint density at radius 2 is 0.900 bits per heavy atom. The zero-order chi connectivity index (χ0) is 13.7. The number of aliphatic hydroxyl groups is 2. The molecule has 3 aliphatic rings. The maximum atomic E-state index is 9.85. The molecule has 0 aromatic heterocycles. The summed E-state index contributed by atoms with van der Waals surface area (Å²) >= 11 is 0. The largest absolute Gasteiger partial charge is 0.396 e. The van der Waals surface area contributed by atoms with E-state index in [9.17, 15) is 10.2 Å². The van der Waals surface area contributed by atoms with E-state index in [1.807, 2.05) is 0 Å². The Labute approximate surface area is 118 Å². The van der Waals surface area contributed by atoms with Gasteiger partial charge in [0.2, 0.25) is 0 Å². The summed E-state index contributed by atoms with van der Waals surface area (Å²) in [6.07, 6.45) is 0. The predicted molar refractivity (Wildman–Crippen MR) is 77.7 cm³/mol. The summed E-state index contributed by atoms with van der Waals surface area (Å²) in [6.45, 7) is 0.268. The van der Waals surface area contributed by atoms with Crippen molar-refractivity contribution < 1.29 is 10.2 Å². The number of aliphatic hydroxyl groups excluding tert-OH is 2. The molecule has 0 heterocycles. The molecule has 2 atom stereocenters. The van der Waals surface area contributed by atoms with E-state index in [1.54, 1.807) is 0 Å². The average molecular weight is 266 g/mol. The van der Waals surface area contributed by atoms with Gasteiger partial charge in [0.1, 0.15) is 0 Å². The standard InChI is InChI=1S/C18H18O2/c19-9-15-16(10-20)18-12-6-2-1-5-11(12)17(15)13-7-3-4-8-14(13)18/h1-8,15-20H,9-10H2/t15-,16-,17?,18?/m1/s1. The molecule has 0 fully saturated rings. The number of hydrogen-bond donors (Lipinski definition) is 2. The molecule has 0 aliphatic heterocycles. The first-order chi connectivity index (χ1) is 9.86. The fraction of sp³-hybridized carbons (Fsp3) is 0.333. The molecule has 3 aliphatic carbocycles. The highest BCUT2D eigenvalue weighted by Gasteiger charge is 2.48. The van der Waals surface area contributed by atoms with Crippen LogP contribution in [0.15, 0.2) is 48.5 Å². The third-order valence-corrected chi connectivity index (χ3v) is 5.16. The summed E-state index contributed by atoms with van der Waals surface area (Å²) in [5.41, 5.74) is 5.33. The lowest BCUT2D eigenvalue weighted by Crippen LogP contribution is -2.43. The lowest BCUT2D eigenvalue weighted by Gasteiger charge is -2.49. The van der Waals surface area contributed by atoms with Crippen molar-refractivity contribution in [3.8, 4) is 0 Å². The van der Waals surface area contributed by atoms with E-state index < -0.39 is 0 Å². The monoisotopic (exact) mass is 266 g/mol. The lowest BCUT2D eigenvalue weighted by atomic mass is 9.54. The summed E-state index contributed by atoms with van der Waals surface area (Å²) in [7, 11) is 0. The Morgan fingerprint density at radius 1 is 0.600 bits per heavy atom. The van der Waals surface area contributed by atoms with Gasteiger partial charge in [-0.15, -0.1) is 0 Å². The molecule has 5 rings (SSSR count). The van der Waals surface area contributed by atoms with Crippen molar-refractivity contribution in [2.24, 2.45) is 11.8 Å². The first kappa shape index (κ1) is 12.1. The van der Waals surface area contributed by atoms with Gasteiger partial charge >= 0.3 is 0 Å². The van der Waals surface area contributed by atoms with Crippen LogP contribution in [0.5, 0.6) is 0 Å². The van der Waals surface area contributed by atoms with E-state index in [2.05, 4.69) is 48.5 Å². The van der Waals surface area contributed by atoms with Gasteiger partial charge in [-0.2, -0.15) is 0 Å². The Kier molecular flexibility index (Phi) is 2.69. The van der Waals surface area contributed by atoms with Crippen LogP contribution in [0.2, 0.25) is 0 Å². The molecule has 0 amide bonds. The fourth-order valence-electron chi connectivity index (χ4n) is 4.39. The number of hydrogen-bond acceptors (Lipinski definition) is 2. The van der Waals surface area contributed by atoms with E-state index in [0.29, 0.717) is 0 Å². The summed E-state index contributed by atoms with van der Waals surface area (Å²) in [6, 6.07) is 17.0. The third kappa shape index (κ3) is 1.41. The van der Waals surface area contributed by atoms with Gasteiger partial charge in [0, 0.05) is 25.0 Å². The minimum absolute atomic E-state index is 0.120. The quantitative estimate of drug-likeness (QED) is 0.876. The van der Waals surface area contributed by atoms with Crippen LogP contribution < -0.4 is 0 Å². The molecule has 0 saturated heterocycles. The summed E-state index contributed by atoms with van der Waals surface area (Å²) in [5.74, 6) is 0.675. The molecule has 2 bridgehead atoms. The van der Waals surface area contributed by atoms with E-state index in [0.717, 1.165) is 0 Å². The van der Waals surface area contributed by atoms with Gasteiger partial charge < -0.3 is 10.2 Å². The van der Waals surface area contributed by atoms with Crippen LogP contribution in [0.4, 0.5) is 0 Å². The molecular formula is C18H18O2. The van der Waals surface area contributed by atoms with Crippen molar-refractivity contribution in [3.63, 3.8) is 0 Å². The molecular weight excluding hydrogens is 248 g/mol. The molecule has 2 aromatic rings. The van der Waals surface area contributed by atoms with E-state index in [-0.39, 0.29) is 36.9 Å². The lowest BCUT2D eigenvalue weighted by molar-refractivity contribution is 0.0809. The first-order valence-corrected chi connectivity index (χ1v) is 7.26. The van der Waals surface area contributed by atoms with Crippen LogP contribution in [0.3, 0.4) is 0 Å². The summed E-state index contributed by atoms with van der Waals surface area (Å²) in [5, 5.41) is 19.7. The normalized spacial score (nSPS) is 29.9. The Bertz CT molecular complexity index is 546. The Balaban J connectivity index is 2.01. The molecule has 20 heavy (non-hydrogen) atoms. The maximum Gasteiger partial charge on any atom is 0.0472 e. The van der Waals surface area contributed by atoms with Gasteiger partial charge in [-0.25, -0.2) is 0 Å². The van der Waals surface area contributed by atoms with Crippen molar-refractivity contribution in [2.75, 3.05) is 13.2 Å². The number of rotatable bonds is 2. The molecule has 0 radical (unpaired) electrons. The zero-order valence-corrected chi connectivity index (χ0v) is 11.2. The average Bonchev–Trinajstić information content (AvgIpc) is 2.53. The van der Waals surface area contributed by atoms with Gasteiger partial charge in [-0.1, -0.05) is 48.5 Å². The number of fused-ring (bicyclic) bond motifs is 1. The van der Waals surface area contributed by atoms with Gasteiger partial charge in [-0.3, -0.25) is 0 Å². The molecule has 102 valence electrons. The summed E-state index contributed by atoms with van der Waals surface area (Å²) in [4.78, 5) is 0. The van der Waals surface area contributed by atoms with Crippen molar-refractivity contribution in [3.05, 3.63) is 70.8 Å². The SMILES string of the molecule is OC[C@H]1C2c3ccccc3C(c3ccccc32)[C@@H]1CO. The second-order valence-corrected chi connectivity index (χ2v) is 5.91. The van der Waals surface area contributed by atoms with E-state index in [4.69, 9.17) is 0 Å². The van der Waals surface area contributed by atoms with Crippen molar-refractivity contribution in [1.29, 1.82) is 0 Å². The second kappa shape index (κ2) is 4.44. The number of benzene rings is 2. The second-order valence-electron chi connectivity index (χ2n) is 5.91. The topological polar surface area (TPSA) is 40.5 Å². The molecule has 0 spiro atoms. The fourth-order valence-corrected chi connectivity index (χ4v) is 4.39. The molecule has 0 saturated carbocycles. The predicted octanol–water partition coefficient (Wildman–Crippen LogP) is 2.49.